The molecule has 1 saturated heterocycles. The van der Waals surface area contributed by atoms with E-state index in [0.717, 1.165) is 42.8 Å². The molecule has 1 spiro atoms. The van der Waals surface area contributed by atoms with E-state index in [9.17, 15) is 14.4 Å². The summed E-state index contributed by atoms with van der Waals surface area (Å²) >= 11 is 0. The van der Waals surface area contributed by atoms with E-state index in [1.54, 1.807) is 6.26 Å². The molecular weight excluding hydrogens is 344 g/mol. The predicted octanol–water partition coefficient (Wildman–Crippen LogP) is 3.25. The highest BCUT2D eigenvalue weighted by molar-refractivity contribution is 6.10. The Morgan fingerprint density at radius 2 is 1.96 bits per heavy atom. The van der Waals surface area contributed by atoms with Crippen molar-refractivity contribution in [2.24, 2.45) is 5.41 Å². The van der Waals surface area contributed by atoms with E-state index in [-0.39, 0.29) is 30.6 Å². The number of hydrogen-bond acceptors (Lipinski definition) is 4. The summed E-state index contributed by atoms with van der Waals surface area (Å²) in [6, 6.07) is 5.55. The number of likely N-dealkylation sites (tertiary alicyclic amines) is 1. The molecule has 1 aliphatic carbocycles. The van der Waals surface area contributed by atoms with Gasteiger partial charge >= 0.3 is 0 Å². The van der Waals surface area contributed by atoms with Gasteiger partial charge in [-0.2, -0.15) is 0 Å². The van der Waals surface area contributed by atoms with Gasteiger partial charge in [-0.25, -0.2) is 0 Å². The van der Waals surface area contributed by atoms with Crippen LogP contribution >= 0.6 is 0 Å². The fourth-order valence-corrected chi connectivity index (χ4v) is 4.58. The topological polar surface area (TPSA) is 72.5 Å². The summed E-state index contributed by atoms with van der Waals surface area (Å²) in [6.07, 6.45) is 5.37. The maximum atomic E-state index is 12.9. The molecule has 2 fully saturated rings. The number of aromatic nitrogens is 1. The van der Waals surface area contributed by atoms with Gasteiger partial charge < -0.3 is 8.98 Å². The van der Waals surface area contributed by atoms with Crippen molar-refractivity contribution in [2.75, 3.05) is 6.54 Å². The Balaban J connectivity index is 1.53. The van der Waals surface area contributed by atoms with Crippen molar-refractivity contribution in [3.05, 3.63) is 47.2 Å². The van der Waals surface area contributed by atoms with Crippen LogP contribution in [-0.2, 0) is 16.1 Å². The molecule has 142 valence electrons. The Hall–Kier alpha value is -2.63. The quantitative estimate of drug-likeness (QED) is 0.600. The normalized spacial score (nSPS) is 18.8. The molecule has 2 aliphatic rings. The Morgan fingerprint density at radius 1 is 1.22 bits per heavy atom. The van der Waals surface area contributed by atoms with Crippen molar-refractivity contribution in [1.29, 1.82) is 0 Å². The predicted molar refractivity (Wildman–Crippen MR) is 98.3 cm³/mol. The van der Waals surface area contributed by atoms with Gasteiger partial charge in [-0.1, -0.05) is 12.8 Å². The Bertz CT molecular complexity index is 901. The van der Waals surface area contributed by atoms with Crippen molar-refractivity contribution in [3.63, 3.8) is 0 Å². The minimum atomic E-state index is -0.534. The van der Waals surface area contributed by atoms with Crippen molar-refractivity contribution in [1.82, 2.24) is 9.47 Å². The van der Waals surface area contributed by atoms with Crippen LogP contribution in [0.2, 0.25) is 0 Å². The van der Waals surface area contributed by atoms with Crippen LogP contribution < -0.4 is 0 Å². The lowest BCUT2D eigenvalue weighted by Crippen LogP contribution is -2.38. The number of amides is 2. The van der Waals surface area contributed by atoms with Crippen LogP contribution in [0.15, 0.2) is 28.9 Å². The second kappa shape index (κ2) is 6.51. The number of ketones is 1. The first-order chi connectivity index (χ1) is 12.9. The smallest absolute Gasteiger partial charge is 0.236 e. The largest absolute Gasteiger partial charge is 0.467 e. The number of rotatable bonds is 5. The van der Waals surface area contributed by atoms with Gasteiger partial charge in [0.1, 0.15) is 5.76 Å². The molecule has 2 aromatic heterocycles. The van der Waals surface area contributed by atoms with Gasteiger partial charge in [0.2, 0.25) is 11.8 Å². The summed E-state index contributed by atoms with van der Waals surface area (Å²) in [4.78, 5) is 39.3. The molecule has 0 unspecified atom stereocenters. The zero-order valence-electron chi connectivity index (χ0n) is 15.8. The fraction of sp³-hybridized carbons (Fsp3) is 0.476. The molecule has 2 amide bonds. The maximum Gasteiger partial charge on any atom is 0.236 e. The van der Waals surface area contributed by atoms with Gasteiger partial charge in [0.25, 0.3) is 0 Å². The second-order valence-corrected chi connectivity index (χ2v) is 7.82. The second-order valence-electron chi connectivity index (χ2n) is 7.82. The van der Waals surface area contributed by atoms with E-state index < -0.39 is 5.41 Å². The molecule has 0 radical (unpaired) electrons. The fourth-order valence-electron chi connectivity index (χ4n) is 4.58. The number of carbonyl (C=O) groups is 3. The Kier molecular flexibility index (Phi) is 4.29. The van der Waals surface area contributed by atoms with E-state index in [4.69, 9.17) is 4.42 Å². The van der Waals surface area contributed by atoms with Crippen molar-refractivity contribution >= 4 is 17.6 Å². The summed E-state index contributed by atoms with van der Waals surface area (Å²) in [5.74, 6) is 0.261. The van der Waals surface area contributed by atoms with E-state index in [2.05, 4.69) is 0 Å². The van der Waals surface area contributed by atoms with E-state index >= 15 is 0 Å². The molecule has 0 N–H and O–H groups in total. The minimum absolute atomic E-state index is 0.150. The van der Waals surface area contributed by atoms with E-state index in [1.165, 1.54) is 4.90 Å². The lowest BCUT2D eigenvalue weighted by molar-refractivity contribution is -0.140. The molecule has 1 saturated carbocycles. The van der Waals surface area contributed by atoms with Crippen LogP contribution in [0.5, 0.6) is 0 Å². The van der Waals surface area contributed by atoms with Crippen LogP contribution in [-0.4, -0.2) is 33.6 Å². The molecule has 0 atom stereocenters. The number of Topliss-reactive ketones (excluding diaryl/α,β-unsaturated/α-hetero) is 1. The third kappa shape index (κ3) is 2.93. The third-order valence-electron chi connectivity index (χ3n) is 6.12. The zero-order chi connectivity index (χ0) is 19.2. The van der Waals surface area contributed by atoms with Gasteiger partial charge in [0.15, 0.2) is 5.78 Å². The number of furan rings is 1. The summed E-state index contributed by atoms with van der Waals surface area (Å²) in [5.41, 5.74) is 1.79. The molecule has 2 aromatic rings. The van der Waals surface area contributed by atoms with Crippen molar-refractivity contribution in [3.8, 4) is 0 Å². The highest BCUT2D eigenvalue weighted by Crippen LogP contribution is 2.46. The maximum absolute atomic E-state index is 12.9. The number of carbonyl (C=O) groups excluding carboxylic acids is 3. The van der Waals surface area contributed by atoms with Crippen molar-refractivity contribution < 1.29 is 18.8 Å². The lowest BCUT2D eigenvalue weighted by Gasteiger charge is -2.20. The van der Waals surface area contributed by atoms with Crippen LogP contribution in [0.4, 0.5) is 0 Å². The van der Waals surface area contributed by atoms with Gasteiger partial charge in [0, 0.05) is 23.4 Å². The molecule has 1 aliphatic heterocycles. The van der Waals surface area contributed by atoms with Crippen LogP contribution in [0.1, 0.15) is 59.6 Å². The Morgan fingerprint density at radius 3 is 2.63 bits per heavy atom. The first kappa shape index (κ1) is 17.8. The molecular formula is C21H24N2O4. The van der Waals surface area contributed by atoms with Gasteiger partial charge in [-0.15, -0.1) is 0 Å². The molecule has 0 aromatic carbocycles. The summed E-state index contributed by atoms with van der Waals surface area (Å²) in [7, 11) is 0. The van der Waals surface area contributed by atoms with Crippen molar-refractivity contribution in [2.45, 2.75) is 52.5 Å². The van der Waals surface area contributed by atoms with Gasteiger partial charge in [0.05, 0.1) is 24.8 Å². The number of imide groups is 1. The SMILES string of the molecule is Cc1cc(C(=O)CN2C(=O)CC3(CCCC3)C2=O)c(C)n1Cc1ccco1. The molecule has 6 nitrogen and oxygen atoms in total. The number of hydrogen-bond donors (Lipinski definition) is 0. The van der Waals surface area contributed by atoms with Crippen LogP contribution in [0.25, 0.3) is 0 Å². The van der Waals surface area contributed by atoms with E-state index in [1.807, 2.05) is 36.6 Å². The third-order valence-corrected chi connectivity index (χ3v) is 6.12. The lowest BCUT2D eigenvalue weighted by atomic mass is 9.84. The monoisotopic (exact) mass is 368 g/mol. The van der Waals surface area contributed by atoms with Gasteiger partial charge in [-0.05, 0) is 44.9 Å². The highest BCUT2D eigenvalue weighted by Gasteiger charge is 2.52. The summed E-state index contributed by atoms with van der Waals surface area (Å²) in [5, 5.41) is 0. The molecule has 3 heterocycles. The molecule has 0 bridgehead atoms. The van der Waals surface area contributed by atoms with E-state index in [0.29, 0.717) is 12.1 Å². The van der Waals surface area contributed by atoms with Gasteiger partial charge in [-0.3, -0.25) is 19.3 Å². The average Bonchev–Trinajstić information content (AvgIpc) is 3.40. The first-order valence-electron chi connectivity index (χ1n) is 9.48. The molecule has 6 heteroatoms. The summed E-state index contributed by atoms with van der Waals surface area (Å²) in [6.45, 7) is 4.20. The first-order valence-corrected chi connectivity index (χ1v) is 9.48. The minimum Gasteiger partial charge on any atom is -0.467 e. The number of aryl methyl sites for hydroxylation is 1. The molecule has 4 rings (SSSR count). The Labute approximate surface area is 158 Å². The number of nitrogens with zero attached hydrogens (tertiary/aromatic N) is 2. The summed E-state index contributed by atoms with van der Waals surface area (Å²) < 4.78 is 7.42. The highest BCUT2D eigenvalue weighted by atomic mass is 16.3. The average molecular weight is 368 g/mol. The molecule has 27 heavy (non-hydrogen) atoms. The zero-order valence-corrected chi connectivity index (χ0v) is 15.8. The van der Waals surface area contributed by atoms with Crippen LogP contribution in [0, 0.1) is 19.3 Å². The van der Waals surface area contributed by atoms with Crippen LogP contribution in [0.3, 0.4) is 0 Å². The standard InChI is InChI=1S/C21H24N2O4/c1-14-10-17(15(2)22(14)12-16-6-5-9-27-16)18(24)13-23-19(25)11-21(20(23)26)7-3-4-8-21/h5-6,9-10H,3-4,7-8,11-13H2,1-2H3.